The molecule has 0 heterocycles. The van der Waals surface area contributed by atoms with Crippen molar-refractivity contribution in [2.45, 2.75) is 38.5 Å². The van der Waals surface area contributed by atoms with E-state index in [1.165, 1.54) is 23.7 Å². The first-order valence-electron chi connectivity index (χ1n) is 4.90. The topological polar surface area (TPSA) is 0 Å². The zero-order chi connectivity index (χ0) is 6.55. The Morgan fingerprint density at radius 3 is 0.800 bits per heavy atom. The van der Waals surface area contributed by atoms with Gasteiger partial charge >= 0.3 is 0 Å². The Labute approximate surface area is 63.0 Å². The maximum atomic E-state index is 1.60. The summed E-state index contributed by atoms with van der Waals surface area (Å²) in [6.45, 7) is 0. The molecule has 6 saturated carbocycles. The van der Waals surface area contributed by atoms with Crippen LogP contribution in [0.1, 0.15) is 38.5 Å². The van der Waals surface area contributed by atoms with Crippen LogP contribution < -0.4 is 0 Å². The fourth-order valence-electron chi connectivity index (χ4n) is 3.46. The molecule has 0 radical (unpaired) electrons. The highest BCUT2D eigenvalue weighted by molar-refractivity contribution is 4.92. The van der Waals surface area contributed by atoms with Crippen molar-refractivity contribution in [2.75, 3.05) is 0 Å². The van der Waals surface area contributed by atoms with Gasteiger partial charge < -0.3 is 0 Å². The molecular weight excluding hydrogens is 120 g/mol. The van der Waals surface area contributed by atoms with E-state index in [1.807, 2.05) is 0 Å². The second kappa shape index (κ2) is 1.78. The maximum absolute atomic E-state index is 1.60. The smallest absolute Gasteiger partial charge is 0.0406 e. The SMILES string of the molecule is C1C2CC1CC1CC(C1)C2. The predicted molar refractivity (Wildman–Crippen MR) is 41.7 cm³/mol. The van der Waals surface area contributed by atoms with Gasteiger partial charge in [0, 0.05) is 0 Å². The van der Waals surface area contributed by atoms with Crippen LogP contribution in [0.15, 0.2) is 0 Å². The summed E-state index contributed by atoms with van der Waals surface area (Å²) < 4.78 is 0. The minimum absolute atomic E-state index is 1.18. The van der Waals surface area contributed by atoms with Gasteiger partial charge in [-0.2, -0.15) is 0 Å². The van der Waals surface area contributed by atoms with Gasteiger partial charge in [-0.3, -0.25) is 0 Å². The summed E-state index contributed by atoms with van der Waals surface area (Å²) in [5.41, 5.74) is 0. The highest BCUT2D eigenvalue weighted by atomic mass is 14.5. The van der Waals surface area contributed by atoms with Crippen molar-refractivity contribution in [1.82, 2.24) is 0 Å². The highest BCUT2D eigenvalue weighted by Crippen LogP contribution is 2.53. The fourth-order valence-corrected chi connectivity index (χ4v) is 3.46. The van der Waals surface area contributed by atoms with Gasteiger partial charge in [0.15, 0.2) is 0 Å². The van der Waals surface area contributed by atoms with Crippen LogP contribution >= 0.6 is 0 Å². The van der Waals surface area contributed by atoms with E-state index >= 15 is 0 Å². The van der Waals surface area contributed by atoms with Crippen molar-refractivity contribution in [3.8, 4) is 0 Å². The van der Waals surface area contributed by atoms with Crippen LogP contribution in [0.25, 0.3) is 0 Å². The molecule has 6 aliphatic carbocycles. The molecule has 0 unspecified atom stereocenters. The summed E-state index contributed by atoms with van der Waals surface area (Å²) in [5.74, 6) is 4.71. The minimum Gasteiger partial charge on any atom is -0.0475 e. The Bertz CT molecular complexity index is 108. The standard InChI is InChI=1S/C10H16/c1-7-2-8(1)6-10-3-9(4-10)5-7/h7-10H,1-6H2. The second-order valence-corrected chi connectivity index (χ2v) is 4.88. The second-order valence-electron chi connectivity index (χ2n) is 4.88. The fraction of sp³-hybridized carbons (Fsp3) is 1.00. The van der Waals surface area contributed by atoms with Gasteiger partial charge in [0.05, 0.1) is 0 Å². The van der Waals surface area contributed by atoms with Gasteiger partial charge in [-0.05, 0) is 62.2 Å². The molecule has 10 heavy (non-hydrogen) atoms. The van der Waals surface area contributed by atoms with E-state index in [2.05, 4.69) is 0 Å². The molecule has 0 atom stereocenters. The molecule has 0 heteroatoms. The van der Waals surface area contributed by atoms with Crippen molar-refractivity contribution in [3.05, 3.63) is 0 Å². The van der Waals surface area contributed by atoms with Crippen LogP contribution in [0.4, 0.5) is 0 Å². The summed E-state index contributed by atoms with van der Waals surface area (Å²) in [7, 11) is 0. The van der Waals surface area contributed by atoms with Crippen LogP contribution in [0.5, 0.6) is 0 Å². The van der Waals surface area contributed by atoms with Gasteiger partial charge in [0.25, 0.3) is 0 Å². The van der Waals surface area contributed by atoms with E-state index in [9.17, 15) is 0 Å². The van der Waals surface area contributed by atoms with Crippen LogP contribution in [0.2, 0.25) is 0 Å². The third-order valence-corrected chi connectivity index (χ3v) is 4.00. The van der Waals surface area contributed by atoms with Crippen LogP contribution in [0.3, 0.4) is 0 Å². The van der Waals surface area contributed by atoms with Gasteiger partial charge in [0.2, 0.25) is 0 Å². The van der Waals surface area contributed by atoms with Crippen molar-refractivity contribution in [1.29, 1.82) is 0 Å². The Kier molecular flexibility index (Phi) is 1.00. The monoisotopic (exact) mass is 136 g/mol. The minimum atomic E-state index is 1.18. The van der Waals surface area contributed by atoms with E-state index in [0.29, 0.717) is 0 Å². The predicted octanol–water partition coefficient (Wildman–Crippen LogP) is 2.83. The molecule has 6 fully saturated rings. The highest BCUT2D eigenvalue weighted by Gasteiger charge is 2.41. The van der Waals surface area contributed by atoms with E-state index < -0.39 is 0 Å². The summed E-state index contributed by atoms with van der Waals surface area (Å²) in [4.78, 5) is 0. The average molecular weight is 136 g/mol. The number of hydrogen-bond acceptors (Lipinski definition) is 0. The molecule has 0 amide bonds. The summed E-state index contributed by atoms with van der Waals surface area (Å²) in [5, 5.41) is 0. The summed E-state index contributed by atoms with van der Waals surface area (Å²) >= 11 is 0. The molecule has 56 valence electrons. The van der Waals surface area contributed by atoms with E-state index in [1.54, 1.807) is 38.5 Å². The maximum Gasteiger partial charge on any atom is -0.0406 e. The molecule has 0 aromatic heterocycles. The third kappa shape index (κ3) is 0.681. The van der Waals surface area contributed by atoms with Crippen molar-refractivity contribution < 1.29 is 0 Å². The third-order valence-electron chi connectivity index (χ3n) is 4.00. The van der Waals surface area contributed by atoms with Gasteiger partial charge in [-0.1, -0.05) is 0 Å². The lowest BCUT2D eigenvalue weighted by atomic mass is 9.56. The van der Waals surface area contributed by atoms with Crippen molar-refractivity contribution in [3.63, 3.8) is 0 Å². The lowest BCUT2D eigenvalue weighted by Crippen LogP contribution is -2.38. The zero-order valence-corrected chi connectivity index (χ0v) is 6.55. The molecule has 0 N–H and O–H groups in total. The largest absolute Gasteiger partial charge is 0.0475 e. The van der Waals surface area contributed by atoms with E-state index in [4.69, 9.17) is 0 Å². The molecular formula is C10H16. The Morgan fingerprint density at radius 1 is 0.400 bits per heavy atom. The summed E-state index contributed by atoms with van der Waals surface area (Å²) in [6.07, 6.45) is 9.62. The summed E-state index contributed by atoms with van der Waals surface area (Å²) in [6, 6.07) is 0. The first kappa shape index (κ1) is 5.62. The average Bonchev–Trinajstić information content (AvgIpc) is 1.46. The molecule has 0 saturated heterocycles. The lowest BCUT2D eigenvalue weighted by Gasteiger charge is -2.49. The van der Waals surface area contributed by atoms with Crippen LogP contribution in [0, 0.1) is 23.7 Å². The quantitative estimate of drug-likeness (QED) is 0.480. The van der Waals surface area contributed by atoms with E-state index in [-0.39, 0.29) is 0 Å². The van der Waals surface area contributed by atoms with Crippen LogP contribution in [-0.2, 0) is 0 Å². The Balaban J connectivity index is 1.74. The van der Waals surface area contributed by atoms with Gasteiger partial charge in [0.1, 0.15) is 0 Å². The number of rotatable bonds is 0. The van der Waals surface area contributed by atoms with Gasteiger partial charge in [-0.15, -0.1) is 0 Å². The van der Waals surface area contributed by atoms with Crippen molar-refractivity contribution in [2.24, 2.45) is 23.7 Å². The van der Waals surface area contributed by atoms with Crippen molar-refractivity contribution >= 4 is 0 Å². The molecule has 0 aromatic rings. The molecule has 0 nitrogen and oxygen atoms in total. The first-order chi connectivity index (χ1) is 4.90. The molecule has 6 rings (SSSR count). The Hall–Kier alpha value is 0. The molecule has 0 spiro atoms. The van der Waals surface area contributed by atoms with Crippen LogP contribution in [-0.4, -0.2) is 0 Å². The molecule has 4 bridgehead atoms. The van der Waals surface area contributed by atoms with E-state index in [0.717, 1.165) is 0 Å². The zero-order valence-electron chi connectivity index (χ0n) is 6.55. The molecule has 0 aliphatic heterocycles. The molecule has 6 aliphatic rings. The lowest BCUT2D eigenvalue weighted by molar-refractivity contribution is 0.0198. The Morgan fingerprint density at radius 2 is 0.600 bits per heavy atom. The first-order valence-corrected chi connectivity index (χ1v) is 4.90. The normalized spacial score (nSPS) is 57.6. The number of hydrogen-bond donors (Lipinski definition) is 0. The van der Waals surface area contributed by atoms with Gasteiger partial charge in [-0.25, -0.2) is 0 Å². The molecule has 0 aromatic carbocycles.